The van der Waals surface area contributed by atoms with Gasteiger partial charge in [-0.2, -0.15) is 5.06 Å². The number of amides is 1. The molecule has 3 N–H and O–H groups in total. The number of anilines is 2. The van der Waals surface area contributed by atoms with Crippen molar-refractivity contribution in [3.63, 3.8) is 0 Å². The van der Waals surface area contributed by atoms with Crippen LogP contribution in [-0.4, -0.2) is 29.2 Å². The maximum atomic E-state index is 11.7. The quantitative estimate of drug-likeness (QED) is 0.842. The van der Waals surface area contributed by atoms with Crippen LogP contribution in [-0.2, 0) is 17.8 Å². The summed E-state index contributed by atoms with van der Waals surface area (Å²) >= 11 is 0. The molecule has 1 aromatic heterocycles. The number of hydroxylamine groups is 1. The molecule has 0 radical (unpaired) electrons. The van der Waals surface area contributed by atoms with Crippen molar-refractivity contribution in [3.05, 3.63) is 53.2 Å². The van der Waals surface area contributed by atoms with E-state index in [0.29, 0.717) is 23.7 Å². The molecule has 0 spiro atoms. The Labute approximate surface area is 135 Å². The topological polar surface area (TPSA) is 82.7 Å². The number of hydrogen-bond donors (Lipinski definition) is 2. The molecule has 3 rings (SSSR count). The molecular formula is C17H20N4O2. The number of aryl methyl sites for hydroxylation is 1. The molecule has 0 fully saturated rings. The van der Waals surface area contributed by atoms with E-state index in [1.807, 2.05) is 38.2 Å². The van der Waals surface area contributed by atoms with Crippen molar-refractivity contribution in [2.24, 2.45) is 5.73 Å². The van der Waals surface area contributed by atoms with Crippen LogP contribution >= 0.6 is 0 Å². The smallest absolute Gasteiger partial charge is 0.267 e. The van der Waals surface area contributed by atoms with Crippen LogP contribution in [0, 0.1) is 6.92 Å². The van der Waals surface area contributed by atoms with E-state index in [1.165, 1.54) is 0 Å². The SMILES string of the molecule is Cc1cccnc1N(C)Cc1ccc2c(c1)C[C@H](N)C(=O)N2O. The Morgan fingerprint density at radius 3 is 2.96 bits per heavy atom. The van der Waals surface area contributed by atoms with Gasteiger partial charge in [0.25, 0.3) is 5.91 Å². The number of hydrogen-bond acceptors (Lipinski definition) is 5. The van der Waals surface area contributed by atoms with E-state index in [0.717, 1.165) is 22.5 Å². The predicted molar refractivity (Wildman–Crippen MR) is 88.5 cm³/mol. The molecule has 1 atom stereocenters. The molecule has 1 aliphatic rings. The fourth-order valence-electron chi connectivity index (χ4n) is 2.93. The fourth-order valence-corrected chi connectivity index (χ4v) is 2.93. The van der Waals surface area contributed by atoms with E-state index in [9.17, 15) is 10.0 Å². The molecule has 0 saturated heterocycles. The molecule has 6 heteroatoms. The van der Waals surface area contributed by atoms with Gasteiger partial charge in [-0.05, 0) is 42.2 Å². The third-order valence-electron chi connectivity index (χ3n) is 4.10. The summed E-state index contributed by atoms with van der Waals surface area (Å²) in [6.45, 7) is 2.71. The lowest BCUT2D eigenvalue weighted by atomic mass is 9.97. The van der Waals surface area contributed by atoms with Crippen molar-refractivity contribution < 1.29 is 10.0 Å². The normalized spacial score (nSPS) is 17.1. The molecule has 1 aromatic carbocycles. The fraction of sp³-hybridized carbons (Fsp3) is 0.294. The number of pyridine rings is 1. The molecule has 1 amide bonds. The van der Waals surface area contributed by atoms with Crippen LogP contribution in [0.5, 0.6) is 0 Å². The third kappa shape index (κ3) is 2.91. The number of fused-ring (bicyclic) bond motifs is 1. The number of aromatic nitrogens is 1. The van der Waals surface area contributed by atoms with Crippen LogP contribution in [0.3, 0.4) is 0 Å². The Morgan fingerprint density at radius 1 is 1.43 bits per heavy atom. The second-order valence-electron chi connectivity index (χ2n) is 5.92. The van der Waals surface area contributed by atoms with E-state index in [4.69, 9.17) is 5.73 Å². The summed E-state index contributed by atoms with van der Waals surface area (Å²) in [5.74, 6) is 0.465. The van der Waals surface area contributed by atoms with Crippen LogP contribution in [0.15, 0.2) is 36.5 Å². The minimum atomic E-state index is -0.696. The van der Waals surface area contributed by atoms with Gasteiger partial charge in [0.05, 0.1) is 11.7 Å². The van der Waals surface area contributed by atoms with Crippen LogP contribution in [0.25, 0.3) is 0 Å². The van der Waals surface area contributed by atoms with Crippen LogP contribution in [0.2, 0.25) is 0 Å². The first-order chi connectivity index (χ1) is 11.0. The van der Waals surface area contributed by atoms with Gasteiger partial charge in [0.1, 0.15) is 5.82 Å². The number of rotatable bonds is 3. The largest absolute Gasteiger partial charge is 0.355 e. The highest BCUT2D eigenvalue weighted by molar-refractivity contribution is 5.98. The predicted octanol–water partition coefficient (Wildman–Crippen LogP) is 1.63. The van der Waals surface area contributed by atoms with Gasteiger partial charge in [0.2, 0.25) is 0 Å². The zero-order valence-corrected chi connectivity index (χ0v) is 13.2. The second kappa shape index (κ2) is 5.98. The maximum absolute atomic E-state index is 11.7. The molecule has 6 nitrogen and oxygen atoms in total. The molecule has 0 saturated carbocycles. The van der Waals surface area contributed by atoms with E-state index < -0.39 is 11.9 Å². The minimum Gasteiger partial charge on any atom is -0.355 e. The number of benzene rings is 1. The first kappa shape index (κ1) is 15.5. The average molecular weight is 312 g/mol. The zero-order valence-electron chi connectivity index (χ0n) is 13.2. The van der Waals surface area contributed by atoms with Gasteiger partial charge in [0.15, 0.2) is 0 Å². The van der Waals surface area contributed by atoms with E-state index in [1.54, 1.807) is 12.3 Å². The summed E-state index contributed by atoms with van der Waals surface area (Å²) < 4.78 is 0. The molecule has 2 heterocycles. The van der Waals surface area contributed by atoms with Crippen LogP contribution in [0.4, 0.5) is 11.5 Å². The van der Waals surface area contributed by atoms with Crippen molar-refractivity contribution in [3.8, 4) is 0 Å². The van der Waals surface area contributed by atoms with Gasteiger partial charge in [-0.25, -0.2) is 4.98 Å². The van der Waals surface area contributed by atoms with Gasteiger partial charge in [0, 0.05) is 19.8 Å². The lowest BCUT2D eigenvalue weighted by Crippen LogP contribution is -2.47. The van der Waals surface area contributed by atoms with Crippen molar-refractivity contribution in [1.29, 1.82) is 0 Å². The molecule has 120 valence electrons. The van der Waals surface area contributed by atoms with Crippen molar-refractivity contribution in [2.75, 3.05) is 17.0 Å². The molecule has 2 aromatic rings. The van der Waals surface area contributed by atoms with Gasteiger partial charge >= 0.3 is 0 Å². The van der Waals surface area contributed by atoms with E-state index in [2.05, 4.69) is 9.88 Å². The van der Waals surface area contributed by atoms with E-state index in [-0.39, 0.29) is 0 Å². The molecular weight excluding hydrogens is 292 g/mol. The highest BCUT2D eigenvalue weighted by Gasteiger charge is 2.29. The van der Waals surface area contributed by atoms with Crippen LogP contribution in [0.1, 0.15) is 16.7 Å². The van der Waals surface area contributed by atoms with E-state index >= 15 is 0 Å². The Morgan fingerprint density at radius 2 is 2.22 bits per heavy atom. The summed E-state index contributed by atoms with van der Waals surface area (Å²) in [5, 5.41) is 10.5. The second-order valence-corrected chi connectivity index (χ2v) is 5.92. The molecule has 1 aliphatic heterocycles. The van der Waals surface area contributed by atoms with Crippen molar-refractivity contribution in [2.45, 2.75) is 25.9 Å². The number of nitrogens with zero attached hydrogens (tertiary/aromatic N) is 3. The molecule has 0 bridgehead atoms. The summed E-state index contributed by atoms with van der Waals surface area (Å²) in [6.07, 6.45) is 2.21. The van der Waals surface area contributed by atoms with Gasteiger partial charge in [-0.3, -0.25) is 10.0 Å². The summed E-state index contributed by atoms with van der Waals surface area (Å²) in [7, 11) is 1.99. The zero-order chi connectivity index (χ0) is 16.6. The standard InChI is InChI=1S/C17H20N4O2/c1-11-4-3-7-19-16(11)20(2)10-12-5-6-15-13(8-12)9-14(18)17(22)21(15)23/h3-8,14,23H,9-10,18H2,1-2H3/t14-/m0/s1. The maximum Gasteiger partial charge on any atom is 0.267 e. The monoisotopic (exact) mass is 312 g/mol. The lowest BCUT2D eigenvalue weighted by molar-refractivity contribution is -0.125. The number of nitrogens with two attached hydrogens (primary N) is 1. The molecule has 0 aliphatic carbocycles. The molecule has 23 heavy (non-hydrogen) atoms. The summed E-state index contributed by atoms with van der Waals surface area (Å²) in [5.41, 5.74) is 9.35. The summed E-state index contributed by atoms with van der Waals surface area (Å²) in [4.78, 5) is 18.2. The summed E-state index contributed by atoms with van der Waals surface area (Å²) in [6, 6.07) is 8.90. The van der Waals surface area contributed by atoms with Crippen LogP contribution < -0.4 is 15.7 Å². The van der Waals surface area contributed by atoms with Gasteiger partial charge < -0.3 is 10.6 Å². The number of carbonyl (C=O) groups excluding carboxylic acids is 1. The Kier molecular flexibility index (Phi) is 4.02. The third-order valence-corrected chi connectivity index (χ3v) is 4.10. The van der Waals surface area contributed by atoms with Gasteiger partial charge in [-0.1, -0.05) is 18.2 Å². The van der Waals surface area contributed by atoms with Crippen molar-refractivity contribution in [1.82, 2.24) is 4.98 Å². The Balaban J connectivity index is 1.84. The Bertz CT molecular complexity index is 747. The Hall–Kier alpha value is -2.44. The number of carbonyl (C=O) groups is 1. The highest BCUT2D eigenvalue weighted by atomic mass is 16.5. The first-order valence-electron chi connectivity index (χ1n) is 7.50. The van der Waals surface area contributed by atoms with Crippen molar-refractivity contribution >= 4 is 17.4 Å². The minimum absolute atomic E-state index is 0.436. The lowest BCUT2D eigenvalue weighted by Gasteiger charge is -2.28. The average Bonchev–Trinajstić information content (AvgIpc) is 2.53. The highest BCUT2D eigenvalue weighted by Crippen LogP contribution is 2.28. The molecule has 0 unspecified atom stereocenters. The first-order valence-corrected chi connectivity index (χ1v) is 7.50. The van der Waals surface area contributed by atoms with Gasteiger partial charge in [-0.15, -0.1) is 0 Å².